The van der Waals surface area contributed by atoms with Crippen LogP contribution in [-0.4, -0.2) is 28.9 Å². The van der Waals surface area contributed by atoms with E-state index in [4.69, 9.17) is 5.73 Å². The largest absolute Gasteiger partial charge is 0.353 e. The third kappa shape index (κ3) is 2.26. The predicted octanol–water partition coefficient (Wildman–Crippen LogP) is 1.61. The topological polar surface area (TPSA) is 47.1 Å². The van der Waals surface area contributed by atoms with Crippen molar-refractivity contribution in [1.29, 1.82) is 0 Å². The molecular formula is C14H24N4. The fraction of sp³-hybridized carbons (Fsp3) is 0.786. The number of nitrogens with two attached hydrogens (primary N) is 1. The number of rotatable bonds is 6. The molecule has 4 heteroatoms. The molecule has 1 aromatic rings. The van der Waals surface area contributed by atoms with Crippen molar-refractivity contribution in [2.75, 3.05) is 18.0 Å². The zero-order valence-electron chi connectivity index (χ0n) is 11.5. The first-order chi connectivity index (χ1) is 8.70. The molecule has 0 aliphatic heterocycles. The average molecular weight is 248 g/mol. The minimum Gasteiger partial charge on any atom is -0.353 e. The van der Waals surface area contributed by atoms with Gasteiger partial charge in [0.25, 0.3) is 0 Å². The number of hydrogen-bond donors (Lipinski definition) is 1. The highest BCUT2D eigenvalue weighted by Crippen LogP contribution is 2.39. The van der Waals surface area contributed by atoms with Gasteiger partial charge >= 0.3 is 0 Å². The van der Waals surface area contributed by atoms with E-state index in [1.807, 2.05) is 0 Å². The molecule has 3 rings (SSSR count). The van der Waals surface area contributed by atoms with Gasteiger partial charge in [0.2, 0.25) is 0 Å². The number of nitrogens with zero attached hydrogens (tertiary/aromatic N) is 3. The van der Waals surface area contributed by atoms with Crippen molar-refractivity contribution in [1.82, 2.24) is 9.78 Å². The van der Waals surface area contributed by atoms with Crippen LogP contribution in [0.1, 0.15) is 36.9 Å². The lowest BCUT2D eigenvalue weighted by atomic mass is 10.1. The molecule has 0 radical (unpaired) electrons. The number of hydrogen-bond acceptors (Lipinski definition) is 3. The molecule has 0 spiro atoms. The Morgan fingerprint density at radius 2 is 2.06 bits per heavy atom. The Labute approximate surface area is 109 Å². The third-order valence-electron chi connectivity index (χ3n) is 4.12. The second kappa shape index (κ2) is 4.57. The van der Waals surface area contributed by atoms with Gasteiger partial charge in [0, 0.05) is 25.2 Å². The van der Waals surface area contributed by atoms with Crippen molar-refractivity contribution in [2.24, 2.45) is 18.7 Å². The van der Waals surface area contributed by atoms with Gasteiger partial charge in [0.15, 0.2) is 0 Å². The van der Waals surface area contributed by atoms with Crippen LogP contribution in [0.5, 0.6) is 0 Å². The highest BCUT2D eigenvalue weighted by Gasteiger charge is 2.36. The van der Waals surface area contributed by atoms with Crippen LogP contribution in [0.3, 0.4) is 0 Å². The Hall–Kier alpha value is -1.03. The van der Waals surface area contributed by atoms with Gasteiger partial charge in [-0.2, -0.15) is 5.10 Å². The molecule has 2 aliphatic carbocycles. The number of aromatic nitrogens is 2. The van der Waals surface area contributed by atoms with Crippen LogP contribution < -0.4 is 10.6 Å². The van der Waals surface area contributed by atoms with Crippen LogP contribution in [0.15, 0.2) is 0 Å². The molecule has 0 bridgehead atoms. The Kier molecular flexibility index (Phi) is 3.06. The van der Waals surface area contributed by atoms with Crippen LogP contribution in [0, 0.1) is 12.8 Å². The number of aryl methyl sites for hydroxylation is 2. The fourth-order valence-electron chi connectivity index (χ4n) is 2.86. The van der Waals surface area contributed by atoms with Crippen molar-refractivity contribution in [3.05, 3.63) is 11.3 Å². The first-order valence-corrected chi connectivity index (χ1v) is 7.20. The van der Waals surface area contributed by atoms with E-state index < -0.39 is 0 Å². The number of anilines is 1. The molecule has 1 aromatic heterocycles. The third-order valence-corrected chi connectivity index (χ3v) is 4.12. The van der Waals surface area contributed by atoms with Gasteiger partial charge < -0.3 is 10.6 Å². The molecule has 0 amide bonds. The lowest BCUT2D eigenvalue weighted by Crippen LogP contribution is -2.31. The van der Waals surface area contributed by atoms with E-state index in [0.29, 0.717) is 6.54 Å². The first-order valence-electron chi connectivity index (χ1n) is 7.20. The van der Waals surface area contributed by atoms with Gasteiger partial charge in [0.05, 0.1) is 5.69 Å². The maximum Gasteiger partial charge on any atom is 0.130 e. The van der Waals surface area contributed by atoms with Crippen molar-refractivity contribution in [2.45, 2.75) is 45.1 Å². The summed E-state index contributed by atoms with van der Waals surface area (Å²) in [7, 11) is 2.07. The van der Waals surface area contributed by atoms with Crippen LogP contribution in [0.25, 0.3) is 0 Å². The highest BCUT2D eigenvalue weighted by molar-refractivity contribution is 5.52. The maximum atomic E-state index is 5.76. The lowest BCUT2D eigenvalue weighted by molar-refractivity contribution is 0.660. The summed E-state index contributed by atoms with van der Waals surface area (Å²) in [5.74, 6) is 2.26. The quantitative estimate of drug-likeness (QED) is 0.832. The van der Waals surface area contributed by atoms with E-state index in [1.54, 1.807) is 0 Å². The van der Waals surface area contributed by atoms with Gasteiger partial charge in [-0.1, -0.05) is 0 Å². The molecule has 0 aromatic carbocycles. The molecule has 0 unspecified atom stereocenters. The minimum absolute atomic E-state index is 0.710. The summed E-state index contributed by atoms with van der Waals surface area (Å²) >= 11 is 0. The summed E-state index contributed by atoms with van der Waals surface area (Å²) in [6, 6.07) is 0.761. The summed E-state index contributed by atoms with van der Waals surface area (Å²) in [6.45, 7) is 4.04. The smallest absolute Gasteiger partial charge is 0.130 e. The molecule has 0 atom stereocenters. The Morgan fingerprint density at radius 1 is 1.33 bits per heavy atom. The van der Waals surface area contributed by atoms with Crippen molar-refractivity contribution < 1.29 is 0 Å². The Balaban J connectivity index is 1.90. The Morgan fingerprint density at radius 3 is 2.61 bits per heavy atom. The molecule has 2 N–H and O–H groups in total. The maximum absolute atomic E-state index is 5.76. The first kappa shape index (κ1) is 12.0. The van der Waals surface area contributed by atoms with Crippen LogP contribution in [0.2, 0.25) is 0 Å². The van der Waals surface area contributed by atoms with Crippen molar-refractivity contribution >= 4 is 5.82 Å². The van der Waals surface area contributed by atoms with E-state index in [0.717, 1.165) is 24.1 Å². The standard InChI is InChI=1S/C14H24N4/c1-10-13(7-8-15)14(17(2)16-10)18(12-5-6-12)9-11-3-4-11/h11-12H,3-9,15H2,1-2H3. The van der Waals surface area contributed by atoms with Gasteiger partial charge in [-0.25, -0.2) is 0 Å². The molecule has 2 fully saturated rings. The van der Waals surface area contributed by atoms with Crippen LogP contribution in [0.4, 0.5) is 5.82 Å². The zero-order valence-corrected chi connectivity index (χ0v) is 11.5. The SMILES string of the molecule is Cc1nn(C)c(N(CC2CC2)C2CC2)c1CCN. The van der Waals surface area contributed by atoms with E-state index in [2.05, 4.69) is 28.7 Å². The molecule has 1 heterocycles. The monoisotopic (exact) mass is 248 g/mol. The predicted molar refractivity (Wildman–Crippen MR) is 73.8 cm³/mol. The van der Waals surface area contributed by atoms with Gasteiger partial charge in [-0.15, -0.1) is 0 Å². The second-order valence-electron chi connectivity index (χ2n) is 5.88. The van der Waals surface area contributed by atoms with Gasteiger partial charge in [-0.3, -0.25) is 4.68 Å². The molecule has 18 heavy (non-hydrogen) atoms. The average Bonchev–Trinajstić information content (AvgIpc) is 3.20. The van der Waals surface area contributed by atoms with E-state index in [1.165, 1.54) is 43.6 Å². The summed E-state index contributed by atoms with van der Waals surface area (Å²) in [5.41, 5.74) is 8.28. The summed E-state index contributed by atoms with van der Waals surface area (Å²) in [5, 5.41) is 4.61. The van der Waals surface area contributed by atoms with Crippen LogP contribution in [-0.2, 0) is 13.5 Å². The second-order valence-corrected chi connectivity index (χ2v) is 5.88. The van der Waals surface area contributed by atoms with E-state index in [9.17, 15) is 0 Å². The van der Waals surface area contributed by atoms with Crippen molar-refractivity contribution in [3.63, 3.8) is 0 Å². The highest BCUT2D eigenvalue weighted by atomic mass is 15.4. The molecule has 4 nitrogen and oxygen atoms in total. The van der Waals surface area contributed by atoms with Gasteiger partial charge in [0.1, 0.15) is 5.82 Å². The minimum atomic E-state index is 0.710. The van der Waals surface area contributed by atoms with E-state index in [-0.39, 0.29) is 0 Å². The molecule has 100 valence electrons. The van der Waals surface area contributed by atoms with Gasteiger partial charge in [-0.05, 0) is 51.5 Å². The molecular weight excluding hydrogens is 224 g/mol. The summed E-state index contributed by atoms with van der Waals surface area (Å²) in [6.07, 6.45) is 6.46. The molecule has 2 saturated carbocycles. The van der Waals surface area contributed by atoms with Crippen LogP contribution >= 0.6 is 0 Å². The fourth-order valence-corrected chi connectivity index (χ4v) is 2.86. The van der Waals surface area contributed by atoms with E-state index >= 15 is 0 Å². The summed E-state index contributed by atoms with van der Waals surface area (Å²) in [4.78, 5) is 2.61. The zero-order chi connectivity index (χ0) is 12.7. The lowest BCUT2D eigenvalue weighted by Gasteiger charge is -2.26. The normalized spacial score (nSPS) is 19.3. The molecule has 0 saturated heterocycles. The van der Waals surface area contributed by atoms with Crippen molar-refractivity contribution in [3.8, 4) is 0 Å². The molecule has 2 aliphatic rings. The Bertz CT molecular complexity index is 429. The summed E-state index contributed by atoms with van der Waals surface area (Å²) < 4.78 is 2.07.